The Labute approximate surface area is 160 Å². The van der Waals surface area contributed by atoms with Gasteiger partial charge < -0.3 is 0 Å². The molecule has 0 saturated heterocycles. The summed E-state index contributed by atoms with van der Waals surface area (Å²) in [6.45, 7) is 15.6. The Morgan fingerprint density at radius 1 is 0.923 bits per heavy atom. The number of allylic oxidation sites excluding steroid dienone is 2. The predicted octanol–water partition coefficient (Wildman–Crippen LogP) is 6.93. The van der Waals surface area contributed by atoms with Crippen molar-refractivity contribution in [3.8, 4) is 0 Å². The highest BCUT2D eigenvalue weighted by atomic mass is 28.3. The average molecular weight is 365 g/mol. The second kappa shape index (κ2) is 8.18. The number of hydrogen-bond donors (Lipinski definition) is 0. The molecule has 0 N–H and O–H groups in total. The highest BCUT2D eigenvalue weighted by Crippen LogP contribution is 2.35. The van der Waals surface area contributed by atoms with Gasteiger partial charge in [0.25, 0.3) is 0 Å². The summed E-state index contributed by atoms with van der Waals surface area (Å²) in [5.74, 6) is 0.215. The molecule has 138 valence electrons. The lowest BCUT2D eigenvalue weighted by Crippen LogP contribution is -2.31. The van der Waals surface area contributed by atoms with Gasteiger partial charge >= 0.3 is 0 Å². The van der Waals surface area contributed by atoms with Crippen molar-refractivity contribution in [1.29, 1.82) is 0 Å². The first kappa shape index (κ1) is 20.4. The number of ketones is 1. The maximum absolute atomic E-state index is 13.5. The Morgan fingerprint density at radius 2 is 1.46 bits per heavy atom. The highest BCUT2D eigenvalue weighted by Gasteiger charge is 2.31. The SMILES string of the molecule is CCC/C(=C(/C(=O)c1ccccc1)[Si](C)(C)C)c1c(C)cc(C)cc1C. The third kappa shape index (κ3) is 4.42. The Hall–Kier alpha value is -1.93. The third-order valence-corrected chi connectivity index (χ3v) is 6.82. The van der Waals surface area contributed by atoms with E-state index < -0.39 is 8.07 Å². The highest BCUT2D eigenvalue weighted by molar-refractivity contribution is 6.88. The first-order chi connectivity index (χ1) is 12.2. The summed E-state index contributed by atoms with van der Waals surface area (Å²) in [4.78, 5) is 13.5. The maximum atomic E-state index is 13.5. The smallest absolute Gasteiger partial charge is 0.185 e. The van der Waals surface area contributed by atoms with Gasteiger partial charge in [-0.2, -0.15) is 0 Å². The summed E-state index contributed by atoms with van der Waals surface area (Å²) >= 11 is 0. The van der Waals surface area contributed by atoms with Gasteiger partial charge in [-0.3, -0.25) is 4.79 Å². The Balaban J connectivity index is 2.82. The molecule has 2 aromatic rings. The largest absolute Gasteiger partial charge is 0.289 e. The molecule has 0 saturated carbocycles. The number of carbonyl (C=O) groups is 1. The molecule has 0 atom stereocenters. The number of aryl methyl sites for hydroxylation is 3. The molecule has 0 fully saturated rings. The van der Waals surface area contributed by atoms with E-state index in [-0.39, 0.29) is 5.78 Å². The standard InChI is InChI=1S/C24H32OSi/c1-8-12-21(22-18(3)15-17(2)16-19(22)4)24(26(5,6)7)23(25)20-13-10-9-11-14-20/h9-11,13-16H,8,12H2,1-7H3/b24-21+. The molecule has 26 heavy (non-hydrogen) atoms. The van der Waals surface area contributed by atoms with E-state index in [2.05, 4.69) is 59.5 Å². The monoisotopic (exact) mass is 364 g/mol. The predicted molar refractivity (Wildman–Crippen MR) is 117 cm³/mol. The van der Waals surface area contributed by atoms with Gasteiger partial charge in [0.2, 0.25) is 0 Å². The second-order valence-corrected chi connectivity index (χ2v) is 13.3. The molecular formula is C24H32OSi. The van der Waals surface area contributed by atoms with Gasteiger partial charge in [-0.1, -0.05) is 81.0 Å². The van der Waals surface area contributed by atoms with E-state index >= 15 is 0 Å². The van der Waals surface area contributed by atoms with Crippen molar-refractivity contribution in [1.82, 2.24) is 0 Å². The zero-order valence-electron chi connectivity index (χ0n) is 17.4. The van der Waals surface area contributed by atoms with Gasteiger partial charge in [0, 0.05) is 5.56 Å². The summed E-state index contributed by atoms with van der Waals surface area (Å²) < 4.78 is 0. The van der Waals surface area contributed by atoms with E-state index in [4.69, 9.17) is 0 Å². The minimum atomic E-state index is -1.84. The topological polar surface area (TPSA) is 17.1 Å². The fourth-order valence-corrected chi connectivity index (χ4v) is 5.93. The number of carbonyl (C=O) groups excluding carboxylic acids is 1. The molecule has 0 bridgehead atoms. The first-order valence-corrected chi connectivity index (χ1v) is 13.1. The summed E-state index contributed by atoms with van der Waals surface area (Å²) in [5.41, 5.74) is 7.21. The van der Waals surface area contributed by atoms with Crippen molar-refractivity contribution in [3.05, 3.63) is 75.5 Å². The Morgan fingerprint density at radius 3 is 1.92 bits per heavy atom. The van der Waals surface area contributed by atoms with Crippen LogP contribution >= 0.6 is 0 Å². The lowest BCUT2D eigenvalue weighted by Gasteiger charge is -2.27. The molecule has 0 radical (unpaired) electrons. The molecule has 0 aromatic heterocycles. The van der Waals surface area contributed by atoms with E-state index in [1.54, 1.807) is 0 Å². The van der Waals surface area contributed by atoms with Crippen molar-refractivity contribution in [3.63, 3.8) is 0 Å². The molecular weight excluding hydrogens is 332 g/mol. The fraction of sp³-hybridized carbons (Fsp3) is 0.375. The normalized spacial score (nSPS) is 12.7. The molecule has 2 heteroatoms. The van der Waals surface area contributed by atoms with E-state index in [1.807, 2.05) is 30.3 Å². The maximum Gasteiger partial charge on any atom is 0.185 e. The molecule has 0 heterocycles. The third-order valence-electron chi connectivity index (χ3n) is 4.79. The zero-order valence-corrected chi connectivity index (χ0v) is 18.4. The second-order valence-electron chi connectivity index (χ2n) is 8.32. The van der Waals surface area contributed by atoms with Gasteiger partial charge in [0.15, 0.2) is 5.78 Å². The van der Waals surface area contributed by atoms with Crippen LogP contribution in [0.15, 0.2) is 47.7 Å². The summed E-state index contributed by atoms with van der Waals surface area (Å²) in [7, 11) is -1.84. The zero-order chi connectivity index (χ0) is 19.5. The lowest BCUT2D eigenvalue weighted by molar-refractivity contribution is 0.104. The van der Waals surface area contributed by atoms with Crippen molar-refractivity contribution >= 4 is 19.4 Å². The van der Waals surface area contributed by atoms with Crippen LogP contribution in [0.2, 0.25) is 19.6 Å². The van der Waals surface area contributed by atoms with E-state index in [9.17, 15) is 4.79 Å². The van der Waals surface area contributed by atoms with Crippen LogP contribution in [0.25, 0.3) is 5.57 Å². The summed E-state index contributed by atoms with van der Waals surface area (Å²) in [6.07, 6.45) is 1.99. The van der Waals surface area contributed by atoms with Crippen LogP contribution in [0.3, 0.4) is 0 Å². The molecule has 0 aliphatic heterocycles. The summed E-state index contributed by atoms with van der Waals surface area (Å²) in [5, 5.41) is 1.08. The van der Waals surface area contributed by atoms with E-state index in [1.165, 1.54) is 27.8 Å². The van der Waals surface area contributed by atoms with E-state index in [0.29, 0.717) is 0 Å². The molecule has 0 aliphatic carbocycles. The molecule has 1 nitrogen and oxygen atoms in total. The Kier molecular flexibility index (Phi) is 6.41. The van der Waals surface area contributed by atoms with Gasteiger partial charge in [-0.25, -0.2) is 0 Å². The molecule has 2 rings (SSSR count). The van der Waals surface area contributed by atoms with Crippen LogP contribution in [-0.2, 0) is 0 Å². The average Bonchev–Trinajstić information content (AvgIpc) is 2.53. The molecule has 0 spiro atoms. The first-order valence-electron chi connectivity index (χ1n) is 9.58. The van der Waals surface area contributed by atoms with Crippen LogP contribution in [-0.4, -0.2) is 13.9 Å². The van der Waals surface area contributed by atoms with Gasteiger partial charge in [0.05, 0.1) is 8.07 Å². The van der Waals surface area contributed by atoms with Crippen molar-refractivity contribution in [2.24, 2.45) is 0 Å². The van der Waals surface area contributed by atoms with Gasteiger partial charge in [-0.15, -0.1) is 0 Å². The van der Waals surface area contributed by atoms with E-state index in [0.717, 1.165) is 23.6 Å². The summed E-state index contributed by atoms with van der Waals surface area (Å²) in [6, 6.07) is 14.3. The van der Waals surface area contributed by atoms with Gasteiger partial charge in [-0.05, 0) is 54.7 Å². The molecule has 0 aliphatic rings. The van der Waals surface area contributed by atoms with Crippen LogP contribution in [0.5, 0.6) is 0 Å². The number of hydrogen-bond acceptors (Lipinski definition) is 1. The quantitative estimate of drug-likeness (QED) is 0.309. The number of Topliss-reactive ketones (excluding diaryl/α,β-unsaturated/α-hetero) is 1. The fourth-order valence-electron chi connectivity index (χ4n) is 3.95. The molecule has 0 amide bonds. The van der Waals surface area contributed by atoms with Crippen LogP contribution in [0, 0.1) is 20.8 Å². The Bertz CT molecular complexity index is 800. The number of rotatable bonds is 6. The van der Waals surface area contributed by atoms with Gasteiger partial charge in [0.1, 0.15) is 0 Å². The lowest BCUT2D eigenvalue weighted by atomic mass is 9.90. The minimum absolute atomic E-state index is 0.215. The van der Waals surface area contributed by atoms with Crippen LogP contribution < -0.4 is 0 Å². The van der Waals surface area contributed by atoms with Crippen molar-refractivity contribution in [2.75, 3.05) is 0 Å². The molecule has 2 aromatic carbocycles. The molecule has 0 unspecified atom stereocenters. The van der Waals surface area contributed by atoms with Crippen LogP contribution in [0.1, 0.15) is 52.4 Å². The minimum Gasteiger partial charge on any atom is -0.289 e. The van der Waals surface area contributed by atoms with Crippen molar-refractivity contribution < 1.29 is 4.79 Å². The van der Waals surface area contributed by atoms with Crippen molar-refractivity contribution in [2.45, 2.75) is 60.2 Å². The number of benzene rings is 2. The van der Waals surface area contributed by atoms with Crippen LogP contribution in [0.4, 0.5) is 0 Å².